The van der Waals surface area contributed by atoms with E-state index < -0.39 is 12.0 Å². The molecular weight excluding hydrogens is 220 g/mol. The number of carboxylic acids is 1. The van der Waals surface area contributed by atoms with Gasteiger partial charge in [-0.25, -0.2) is 4.79 Å². The summed E-state index contributed by atoms with van der Waals surface area (Å²) in [6, 6.07) is -0.734. The first-order valence-electron chi connectivity index (χ1n) is 6.20. The molecule has 5 heteroatoms. The highest BCUT2D eigenvalue weighted by Crippen LogP contribution is 2.23. The third-order valence-electron chi connectivity index (χ3n) is 3.32. The lowest BCUT2D eigenvalue weighted by atomic mass is 9.85. The number of amides is 1. The summed E-state index contributed by atoms with van der Waals surface area (Å²) in [6.07, 6.45) is 3.37. The zero-order valence-electron chi connectivity index (χ0n) is 10.5. The Bertz CT molecular complexity index is 291. The van der Waals surface area contributed by atoms with E-state index in [1.54, 1.807) is 13.8 Å². The van der Waals surface area contributed by atoms with Crippen LogP contribution in [0.25, 0.3) is 0 Å². The van der Waals surface area contributed by atoms with Gasteiger partial charge in [-0.1, -0.05) is 20.3 Å². The molecule has 0 aromatic carbocycles. The molecule has 1 amide bonds. The third kappa shape index (κ3) is 4.00. The van der Waals surface area contributed by atoms with Crippen molar-refractivity contribution in [1.82, 2.24) is 5.32 Å². The van der Waals surface area contributed by atoms with E-state index in [9.17, 15) is 9.59 Å². The summed E-state index contributed by atoms with van der Waals surface area (Å²) in [5.41, 5.74) is 5.82. The van der Waals surface area contributed by atoms with E-state index in [0.29, 0.717) is 6.42 Å². The van der Waals surface area contributed by atoms with Crippen LogP contribution >= 0.6 is 0 Å². The minimum absolute atomic E-state index is 0.0711. The van der Waals surface area contributed by atoms with Gasteiger partial charge in [0.25, 0.3) is 0 Å². The summed E-state index contributed by atoms with van der Waals surface area (Å²) in [5, 5.41) is 11.6. The Hall–Kier alpha value is -1.10. The number of hydrogen-bond donors (Lipinski definition) is 3. The molecule has 1 fully saturated rings. The molecule has 0 radical (unpaired) electrons. The second-order valence-corrected chi connectivity index (χ2v) is 5.19. The van der Waals surface area contributed by atoms with Crippen molar-refractivity contribution in [1.29, 1.82) is 0 Å². The second-order valence-electron chi connectivity index (χ2n) is 5.19. The average molecular weight is 242 g/mol. The first-order chi connectivity index (χ1) is 7.91. The molecule has 98 valence electrons. The third-order valence-corrected chi connectivity index (χ3v) is 3.32. The van der Waals surface area contributed by atoms with Crippen molar-refractivity contribution in [3.63, 3.8) is 0 Å². The van der Waals surface area contributed by atoms with Crippen LogP contribution in [0.3, 0.4) is 0 Å². The van der Waals surface area contributed by atoms with Crippen molar-refractivity contribution in [3.05, 3.63) is 0 Å². The number of nitrogens with two attached hydrogens (primary N) is 1. The normalized spacial score (nSPS) is 26.6. The predicted octanol–water partition coefficient (Wildman–Crippen LogP) is 0.729. The number of carbonyl (C=O) groups is 2. The Labute approximate surface area is 102 Å². The van der Waals surface area contributed by atoms with E-state index in [2.05, 4.69) is 5.32 Å². The molecular formula is C12H22N2O3. The molecule has 0 heterocycles. The van der Waals surface area contributed by atoms with Gasteiger partial charge in [0.2, 0.25) is 5.91 Å². The van der Waals surface area contributed by atoms with Crippen molar-refractivity contribution in [2.45, 2.75) is 51.6 Å². The molecule has 0 bridgehead atoms. The van der Waals surface area contributed by atoms with Crippen LogP contribution in [-0.4, -0.2) is 29.1 Å². The molecule has 3 atom stereocenters. The van der Waals surface area contributed by atoms with Crippen molar-refractivity contribution in [3.8, 4) is 0 Å². The van der Waals surface area contributed by atoms with Crippen LogP contribution in [0.2, 0.25) is 0 Å². The summed E-state index contributed by atoms with van der Waals surface area (Å²) in [4.78, 5) is 22.9. The second kappa shape index (κ2) is 6.00. The van der Waals surface area contributed by atoms with Crippen LogP contribution in [0.5, 0.6) is 0 Å². The number of rotatable bonds is 4. The van der Waals surface area contributed by atoms with Crippen molar-refractivity contribution in [2.75, 3.05) is 0 Å². The fourth-order valence-electron chi connectivity index (χ4n) is 2.25. The number of nitrogens with one attached hydrogen (secondary N) is 1. The van der Waals surface area contributed by atoms with Gasteiger partial charge in [0.15, 0.2) is 0 Å². The minimum Gasteiger partial charge on any atom is -0.480 e. The number of carboxylic acid groups (broad SMARTS) is 1. The summed E-state index contributed by atoms with van der Waals surface area (Å²) in [6.45, 7) is 3.57. The molecule has 0 aliphatic heterocycles. The quantitative estimate of drug-likeness (QED) is 0.677. The van der Waals surface area contributed by atoms with Gasteiger partial charge < -0.3 is 16.2 Å². The number of aliphatic carboxylic acids is 1. The topological polar surface area (TPSA) is 92.4 Å². The first kappa shape index (κ1) is 14.0. The molecule has 1 aliphatic rings. The van der Waals surface area contributed by atoms with E-state index in [4.69, 9.17) is 10.8 Å². The highest BCUT2D eigenvalue weighted by atomic mass is 16.4. The first-order valence-corrected chi connectivity index (χ1v) is 6.20. The highest BCUT2D eigenvalue weighted by molar-refractivity contribution is 5.85. The summed E-state index contributed by atoms with van der Waals surface area (Å²) in [5.74, 6) is -1.39. The lowest BCUT2D eigenvalue weighted by Crippen LogP contribution is -2.48. The Morgan fingerprint density at radius 2 is 2.00 bits per heavy atom. The highest BCUT2D eigenvalue weighted by Gasteiger charge is 2.30. The predicted molar refractivity (Wildman–Crippen MR) is 64.3 cm³/mol. The van der Waals surface area contributed by atoms with Gasteiger partial charge in [-0.05, 0) is 25.2 Å². The van der Waals surface area contributed by atoms with E-state index in [1.807, 2.05) is 0 Å². The molecule has 2 unspecified atom stereocenters. The van der Waals surface area contributed by atoms with Gasteiger partial charge >= 0.3 is 5.97 Å². The molecule has 1 rings (SSSR count). The lowest BCUT2D eigenvalue weighted by Gasteiger charge is -2.27. The Kier molecular flexibility index (Phi) is 4.93. The van der Waals surface area contributed by atoms with E-state index in [-0.39, 0.29) is 23.8 Å². The van der Waals surface area contributed by atoms with Crippen LogP contribution in [0.15, 0.2) is 0 Å². The summed E-state index contributed by atoms with van der Waals surface area (Å²) in [7, 11) is 0. The largest absolute Gasteiger partial charge is 0.480 e. The zero-order chi connectivity index (χ0) is 13.0. The Morgan fingerprint density at radius 3 is 2.47 bits per heavy atom. The number of carbonyl (C=O) groups excluding carboxylic acids is 1. The fraction of sp³-hybridized carbons (Fsp3) is 0.833. The van der Waals surface area contributed by atoms with E-state index in [1.165, 1.54) is 0 Å². The lowest BCUT2D eigenvalue weighted by molar-refractivity contribution is -0.144. The minimum atomic E-state index is -0.978. The van der Waals surface area contributed by atoms with Crippen LogP contribution < -0.4 is 11.1 Å². The van der Waals surface area contributed by atoms with Gasteiger partial charge in [-0.3, -0.25) is 4.79 Å². The maximum Gasteiger partial charge on any atom is 0.326 e. The molecule has 4 N–H and O–H groups in total. The molecule has 0 spiro atoms. The van der Waals surface area contributed by atoms with Gasteiger partial charge in [0.1, 0.15) is 6.04 Å². The van der Waals surface area contributed by atoms with Crippen molar-refractivity contribution in [2.24, 2.45) is 17.6 Å². The van der Waals surface area contributed by atoms with Gasteiger partial charge in [0, 0.05) is 12.0 Å². The monoisotopic (exact) mass is 242 g/mol. The van der Waals surface area contributed by atoms with Gasteiger partial charge in [0.05, 0.1) is 0 Å². The molecule has 0 saturated heterocycles. The average Bonchev–Trinajstić information content (AvgIpc) is 2.24. The molecule has 0 aromatic heterocycles. The van der Waals surface area contributed by atoms with Crippen LogP contribution in [0, 0.1) is 11.8 Å². The van der Waals surface area contributed by atoms with Gasteiger partial charge in [-0.15, -0.1) is 0 Å². The standard InChI is InChI=1S/C12H22N2O3/c1-7(2)10(12(16)17)14-11(15)8-4-3-5-9(13)6-8/h7-10H,3-6,13H2,1-2H3,(H,14,15)(H,16,17)/t8?,9?,10-/m0/s1. The van der Waals surface area contributed by atoms with Crippen LogP contribution in [-0.2, 0) is 9.59 Å². The van der Waals surface area contributed by atoms with Crippen molar-refractivity contribution < 1.29 is 14.7 Å². The summed E-state index contributed by atoms with van der Waals surface area (Å²) < 4.78 is 0. The zero-order valence-corrected chi connectivity index (χ0v) is 10.5. The Morgan fingerprint density at radius 1 is 1.35 bits per heavy atom. The summed E-state index contributed by atoms with van der Waals surface area (Å²) >= 11 is 0. The molecule has 0 aromatic rings. The molecule has 17 heavy (non-hydrogen) atoms. The van der Waals surface area contributed by atoms with Crippen LogP contribution in [0.1, 0.15) is 39.5 Å². The van der Waals surface area contributed by atoms with Crippen LogP contribution in [0.4, 0.5) is 0 Å². The van der Waals surface area contributed by atoms with Crippen molar-refractivity contribution >= 4 is 11.9 Å². The maximum absolute atomic E-state index is 11.9. The number of hydrogen-bond acceptors (Lipinski definition) is 3. The van der Waals surface area contributed by atoms with Gasteiger partial charge in [-0.2, -0.15) is 0 Å². The smallest absolute Gasteiger partial charge is 0.326 e. The molecule has 5 nitrogen and oxygen atoms in total. The Balaban J connectivity index is 2.54. The maximum atomic E-state index is 11.9. The van der Waals surface area contributed by atoms with E-state index >= 15 is 0 Å². The van der Waals surface area contributed by atoms with E-state index in [0.717, 1.165) is 19.3 Å². The molecule has 1 saturated carbocycles. The fourth-order valence-corrected chi connectivity index (χ4v) is 2.25. The SMILES string of the molecule is CC(C)[C@H](NC(=O)C1CCCC(N)C1)C(=O)O. The molecule has 1 aliphatic carbocycles.